The van der Waals surface area contributed by atoms with E-state index < -0.39 is 5.79 Å². The van der Waals surface area contributed by atoms with E-state index in [1.165, 1.54) is 0 Å². The molecule has 35 heavy (non-hydrogen) atoms. The van der Waals surface area contributed by atoms with Crippen LogP contribution in [0.2, 0.25) is 0 Å². The van der Waals surface area contributed by atoms with Crippen LogP contribution in [0.5, 0.6) is 0 Å². The third kappa shape index (κ3) is 6.26. The largest absolute Gasteiger partial charge is 0.374 e. The predicted molar refractivity (Wildman–Crippen MR) is 133 cm³/mol. The van der Waals surface area contributed by atoms with E-state index in [1.807, 2.05) is 66.7 Å². The van der Waals surface area contributed by atoms with Crippen LogP contribution in [0.1, 0.15) is 23.1 Å². The van der Waals surface area contributed by atoms with Crippen molar-refractivity contribution in [2.24, 2.45) is 0 Å². The fourth-order valence-corrected chi connectivity index (χ4v) is 4.54. The minimum atomic E-state index is -0.928. The molecule has 0 N–H and O–H groups in total. The summed E-state index contributed by atoms with van der Waals surface area (Å²) in [6.07, 6.45) is 3.83. The molecule has 2 heterocycles. The number of hydrogen-bond acceptors (Lipinski definition) is 5. The lowest BCUT2D eigenvalue weighted by Crippen LogP contribution is -2.58. The Balaban J connectivity index is 1.29. The van der Waals surface area contributed by atoms with Crippen LogP contribution in [0.4, 0.5) is 0 Å². The van der Waals surface area contributed by atoms with E-state index in [1.54, 1.807) is 0 Å². The highest BCUT2D eigenvalue weighted by molar-refractivity contribution is 5.16. The number of hydrogen-bond donors (Lipinski definition) is 0. The first kappa shape index (κ1) is 23.9. The topological polar surface area (TPSA) is 46.2 Å². The van der Waals surface area contributed by atoms with Gasteiger partial charge >= 0.3 is 0 Å². The Morgan fingerprint density at radius 3 is 1.86 bits per heavy atom. The van der Waals surface area contributed by atoms with E-state index in [9.17, 15) is 0 Å². The van der Waals surface area contributed by atoms with E-state index >= 15 is 0 Å². The molecule has 3 aromatic rings. The lowest BCUT2D eigenvalue weighted by molar-refractivity contribution is -0.324. The van der Waals surface area contributed by atoms with Gasteiger partial charge in [-0.05, 0) is 22.8 Å². The molecule has 0 bridgehead atoms. The van der Waals surface area contributed by atoms with E-state index in [-0.39, 0.29) is 18.3 Å². The van der Waals surface area contributed by atoms with Gasteiger partial charge < -0.3 is 23.7 Å². The van der Waals surface area contributed by atoms with E-state index in [4.69, 9.17) is 23.7 Å². The van der Waals surface area contributed by atoms with Crippen LogP contribution < -0.4 is 0 Å². The van der Waals surface area contributed by atoms with E-state index in [0.29, 0.717) is 39.5 Å². The highest BCUT2D eigenvalue weighted by Gasteiger charge is 2.51. The minimum Gasteiger partial charge on any atom is -0.374 e. The molecule has 0 radical (unpaired) electrons. The van der Waals surface area contributed by atoms with Gasteiger partial charge in [-0.15, -0.1) is 0 Å². The molecule has 182 valence electrons. The molecule has 1 spiro atoms. The van der Waals surface area contributed by atoms with Crippen molar-refractivity contribution in [2.45, 2.75) is 50.3 Å². The second-order valence-electron chi connectivity index (χ2n) is 8.95. The summed E-state index contributed by atoms with van der Waals surface area (Å²) in [5, 5.41) is 0. The zero-order valence-electron chi connectivity index (χ0n) is 19.8. The van der Waals surface area contributed by atoms with Gasteiger partial charge in [-0.1, -0.05) is 97.1 Å². The van der Waals surface area contributed by atoms with Crippen LogP contribution >= 0.6 is 0 Å². The first-order valence-electron chi connectivity index (χ1n) is 12.2. The van der Waals surface area contributed by atoms with Crippen molar-refractivity contribution in [1.29, 1.82) is 0 Å². The number of rotatable bonds is 10. The zero-order valence-corrected chi connectivity index (χ0v) is 19.8. The summed E-state index contributed by atoms with van der Waals surface area (Å²) in [4.78, 5) is 0. The molecule has 5 nitrogen and oxygen atoms in total. The summed E-state index contributed by atoms with van der Waals surface area (Å²) in [6, 6.07) is 30.5. The normalized spacial score (nSPS) is 25.8. The van der Waals surface area contributed by atoms with Gasteiger partial charge in [0.25, 0.3) is 0 Å². The average Bonchev–Trinajstić information content (AvgIpc) is 3.38. The second-order valence-corrected chi connectivity index (χ2v) is 8.95. The number of benzene rings is 3. The van der Waals surface area contributed by atoms with Gasteiger partial charge in [-0.2, -0.15) is 0 Å². The maximum atomic E-state index is 6.59. The molecule has 5 heteroatoms. The molecule has 4 atom stereocenters. The Morgan fingerprint density at radius 2 is 1.29 bits per heavy atom. The Bertz CT molecular complexity index is 1060. The van der Waals surface area contributed by atoms with Crippen molar-refractivity contribution in [3.05, 3.63) is 120 Å². The van der Waals surface area contributed by atoms with E-state index in [0.717, 1.165) is 16.7 Å². The van der Waals surface area contributed by atoms with Crippen LogP contribution in [-0.2, 0) is 43.5 Å². The van der Waals surface area contributed by atoms with Crippen molar-refractivity contribution in [2.75, 3.05) is 13.2 Å². The molecule has 0 amide bonds. The molecular formula is C30H32O5. The first-order chi connectivity index (χ1) is 17.3. The molecule has 2 aliphatic heterocycles. The van der Waals surface area contributed by atoms with E-state index in [2.05, 4.69) is 36.4 Å². The summed E-state index contributed by atoms with van der Waals surface area (Å²) in [5.41, 5.74) is 3.36. The molecule has 0 saturated carbocycles. The van der Waals surface area contributed by atoms with Crippen molar-refractivity contribution < 1.29 is 23.7 Å². The lowest BCUT2D eigenvalue weighted by Gasteiger charge is -2.46. The zero-order chi connectivity index (χ0) is 23.8. The molecule has 2 aliphatic rings. The fraction of sp³-hybridized carbons (Fsp3) is 0.333. The van der Waals surface area contributed by atoms with Crippen LogP contribution in [0.25, 0.3) is 0 Å². The van der Waals surface area contributed by atoms with Gasteiger partial charge in [0.05, 0.1) is 39.1 Å². The molecular weight excluding hydrogens is 440 g/mol. The van der Waals surface area contributed by atoms with Crippen molar-refractivity contribution in [1.82, 2.24) is 0 Å². The van der Waals surface area contributed by atoms with Crippen LogP contribution in [0.15, 0.2) is 103 Å². The lowest BCUT2D eigenvalue weighted by atomic mass is 9.95. The smallest absolute Gasteiger partial charge is 0.215 e. The monoisotopic (exact) mass is 472 g/mol. The first-order valence-corrected chi connectivity index (χ1v) is 12.2. The molecule has 0 unspecified atom stereocenters. The van der Waals surface area contributed by atoms with Crippen molar-refractivity contribution in [3.8, 4) is 0 Å². The highest BCUT2D eigenvalue weighted by atomic mass is 16.7. The molecule has 0 aromatic heterocycles. The quantitative estimate of drug-likeness (QED) is 0.368. The van der Waals surface area contributed by atoms with Crippen LogP contribution in [-0.4, -0.2) is 37.3 Å². The third-order valence-electron chi connectivity index (χ3n) is 6.40. The van der Waals surface area contributed by atoms with Crippen molar-refractivity contribution in [3.63, 3.8) is 0 Å². The Morgan fingerprint density at radius 1 is 0.714 bits per heavy atom. The van der Waals surface area contributed by atoms with Gasteiger partial charge in [0.2, 0.25) is 5.79 Å². The Hall–Kier alpha value is -2.80. The molecule has 5 rings (SSSR count). The van der Waals surface area contributed by atoms with Crippen LogP contribution in [0, 0.1) is 0 Å². The fourth-order valence-electron chi connectivity index (χ4n) is 4.54. The number of ether oxygens (including phenoxy) is 5. The van der Waals surface area contributed by atoms with Gasteiger partial charge in [0, 0.05) is 6.42 Å². The Kier molecular flexibility index (Phi) is 8.03. The van der Waals surface area contributed by atoms with Gasteiger partial charge in [-0.25, -0.2) is 0 Å². The standard InChI is InChI=1S/C30H32O5/c1-4-11-24(12-5-1)20-31-23-28-27(32-21-25-13-6-2-7-14-25)19-29(30(35-28)17-10-18-34-30)33-22-26-15-8-3-9-16-26/h1-17,27-29H,18-23H2/t27-,28-,29-,30+/m1/s1. The Labute approximate surface area is 207 Å². The molecule has 0 aliphatic carbocycles. The maximum absolute atomic E-state index is 6.59. The average molecular weight is 473 g/mol. The molecule has 1 saturated heterocycles. The summed E-state index contributed by atoms with van der Waals surface area (Å²) in [6.45, 7) is 2.40. The summed E-state index contributed by atoms with van der Waals surface area (Å²) < 4.78 is 31.6. The van der Waals surface area contributed by atoms with Crippen molar-refractivity contribution >= 4 is 0 Å². The summed E-state index contributed by atoms with van der Waals surface area (Å²) >= 11 is 0. The van der Waals surface area contributed by atoms with Gasteiger partial charge in [0.1, 0.15) is 12.2 Å². The SMILES string of the molecule is C1=C[C@]2(OC1)O[C@H](COCc1ccccc1)[C@H](OCc1ccccc1)C[C@H]2OCc1ccccc1. The summed E-state index contributed by atoms with van der Waals surface area (Å²) in [7, 11) is 0. The minimum absolute atomic E-state index is 0.199. The highest BCUT2D eigenvalue weighted by Crippen LogP contribution is 2.38. The van der Waals surface area contributed by atoms with Gasteiger partial charge in [-0.3, -0.25) is 0 Å². The predicted octanol–water partition coefficient (Wildman–Crippen LogP) is 5.45. The molecule has 1 fully saturated rings. The summed E-state index contributed by atoms with van der Waals surface area (Å²) in [5.74, 6) is -0.928. The third-order valence-corrected chi connectivity index (χ3v) is 6.40. The maximum Gasteiger partial charge on any atom is 0.215 e. The second kappa shape index (κ2) is 11.8. The molecule has 3 aromatic carbocycles. The van der Waals surface area contributed by atoms with Crippen LogP contribution in [0.3, 0.4) is 0 Å². The van der Waals surface area contributed by atoms with Gasteiger partial charge in [0.15, 0.2) is 0 Å².